The van der Waals surface area contributed by atoms with E-state index in [0.29, 0.717) is 71.1 Å². The predicted molar refractivity (Wildman–Crippen MR) is 143 cm³/mol. The number of nitrogens with one attached hydrogen (secondary N) is 1. The number of benzene rings is 3. The minimum atomic E-state index is -0.190. The van der Waals surface area contributed by atoms with Crippen LogP contribution in [0.1, 0.15) is 34.7 Å². The van der Waals surface area contributed by atoms with Crippen molar-refractivity contribution in [3.8, 4) is 11.4 Å². The average Bonchev–Trinajstić information content (AvgIpc) is 3.39. The van der Waals surface area contributed by atoms with Crippen LogP contribution in [-0.2, 0) is 11.3 Å². The lowest BCUT2D eigenvalue weighted by Gasteiger charge is -2.30. The zero-order valence-electron chi connectivity index (χ0n) is 19.9. The summed E-state index contributed by atoms with van der Waals surface area (Å²) >= 11 is 12.2. The van der Waals surface area contributed by atoms with Gasteiger partial charge in [0.25, 0.3) is 0 Å². The molecule has 3 aromatic carbocycles. The quantitative estimate of drug-likeness (QED) is 0.287. The van der Waals surface area contributed by atoms with Crippen molar-refractivity contribution in [1.82, 2.24) is 15.0 Å². The van der Waals surface area contributed by atoms with Gasteiger partial charge in [-0.2, -0.15) is 4.98 Å². The van der Waals surface area contributed by atoms with Gasteiger partial charge in [0.05, 0.1) is 12.2 Å². The van der Waals surface area contributed by atoms with E-state index in [2.05, 4.69) is 20.4 Å². The fourth-order valence-corrected chi connectivity index (χ4v) is 4.76. The molecular formula is C28H24Cl2N4O3. The van der Waals surface area contributed by atoms with E-state index < -0.39 is 0 Å². The Balaban J connectivity index is 1.19. The molecule has 1 amide bonds. The van der Waals surface area contributed by atoms with Crippen molar-refractivity contribution >= 4 is 40.6 Å². The van der Waals surface area contributed by atoms with Crippen molar-refractivity contribution in [1.29, 1.82) is 0 Å². The summed E-state index contributed by atoms with van der Waals surface area (Å²) in [6.07, 6.45) is 1.35. The number of rotatable bonds is 7. The molecule has 5 rings (SSSR count). The van der Waals surface area contributed by atoms with Crippen LogP contribution < -0.4 is 5.32 Å². The molecule has 9 heteroatoms. The van der Waals surface area contributed by atoms with Crippen LogP contribution in [0.4, 0.5) is 5.69 Å². The summed E-state index contributed by atoms with van der Waals surface area (Å²) < 4.78 is 5.43. The monoisotopic (exact) mass is 534 g/mol. The van der Waals surface area contributed by atoms with Crippen molar-refractivity contribution in [3.05, 3.63) is 99.9 Å². The van der Waals surface area contributed by atoms with Crippen LogP contribution >= 0.6 is 23.2 Å². The molecule has 0 atom stereocenters. The lowest BCUT2D eigenvalue weighted by molar-refractivity contribution is -0.121. The normalized spacial score (nSPS) is 14.4. The van der Waals surface area contributed by atoms with E-state index in [9.17, 15) is 9.59 Å². The van der Waals surface area contributed by atoms with Gasteiger partial charge in [0.1, 0.15) is 0 Å². The molecule has 1 fully saturated rings. The predicted octanol–water partition coefficient (Wildman–Crippen LogP) is 6.13. The number of aromatic nitrogens is 2. The van der Waals surface area contributed by atoms with Crippen LogP contribution in [0.15, 0.2) is 77.3 Å². The molecule has 0 bridgehead atoms. The molecular weight excluding hydrogens is 511 g/mol. The Morgan fingerprint density at radius 2 is 1.70 bits per heavy atom. The first-order valence-corrected chi connectivity index (χ1v) is 12.7. The highest BCUT2D eigenvalue weighted by Crippen LogP contribution is 2.27. The smallest absolute Gasteiger partial charge is 0.241 e. The molecule has 0 spiro atoms. The summed E-state index contributed by atoms with van der Waals surface area (Å²) in [6.45, 7) is 1.93. The minimum absolute atomic E-state index is 0.106. The van der Waals surface area contributed by atoms with Gasteiger partial charge < -0.3 is 9.84 Å². The van der Waals surface area contributed by atoms with Gasteiger partial charge in [-0.1, -0.05) is 70.8 Å². The third-order valence-electron chi connectivity index (χ3n) is 6.39. The summed E-state index contributed by atoms with van der Waals surface area (Å²) in [6, 6.07) is 21.2. The Morgan fingerprint density at radius 1 is 0.946 bits per heavy atom. The largest absolute Gasteiger partial charge is 0.338 e. The van der Waals surface area contributed by atoms with Crippen LogP contribution in [0, 0.1) is 5.92 Å². The highest BCUT2D eigenvalue weighted by molar-refractivity contribution is 6.31. The Hall–Kier alpha value is -3.52. The third kappa shape index (κ3) is 6.07. The van der Waals surface area contributed by atoms with Gasteiger partial charge in [0, 0.05) is 32.7 Å². The topological polar surface area (TPSA) is 88.3 Å². The van der Waals surface area contributed by atoms with E-state index >= 15 is 0 Å². The number of ketones is 1. The Kier molecular flexibility index (Phi) is 7.65. The van der Waals surface area contributed by atoms with E-state index in [-0.39, 0.29) is 17.6 Å². The van der Waals surface area contributed by atoms with E-state index in [0.717, 1.165) is 5.56 Å². The van der Waals surface area contributed by atoms with E-state index in [1.54, 1.807) is 54.6 Å². The first-order valence-electron chi connectivity index (χ1n) is 12.0. The molecule has 1 aliphatic rings. The fourth-order valence-electron chi connectivity index (χ4n) is 4.40. The maximum Gasteiger partial charge on any atom is 0.241 e. The van der Waals surface area contributed by atoms with Crippen molar-refractivity contribution < 1.29 is 14.1 Å². The highest BCUT2D eigenvalue weighted by atomic mass is 35.5. The Bertz CT molecular complexity index is 1420. The standard InChI is InChI=1S/C28H24Cl2N4O3/c29-21-8-4-7-20(15-21)27-32-25(37-33-27)17-34-13-11-19(12-14-34)28(36)31-24-10-9-22(30)16-23(24)26(35)18-5-2-1-3-6-18/h1-10,15-16,19H,11-14,17H2,(H,31,36). The van der Waals surface area contributed by atoms with Gasteiger partial charge in [-0.3, -0.25) is 14.5 Å². The number of amides is 1. The molecule has 0 radical (unpaired) electrons. The number of likely N-dealkylation sites (tertiary alicyclic amines) is 1. The first-order chi connectivity index (χ1) is 18.0. The van der Waals surface area contributed by atoms with Crippen LogP contribution in [0.5, 0.6) is 0 Å². The number of halogens is 2. The molecule has 0 saturated carbocycles. The lowest BCUT2D eigenvalue weighted by atomic mass is 9.95. The van der Waals surface area contributed by atoms with Gasteiger partial charge in [-0.15, -0.1) is 0 Å². The molecule has 1 N–H and O–H groups in total. The average molecular weight is 535 g/mol. The highest BCUT2D eigenvalue weighted by Gasteiger charge is 2.27. The van der Waals surface area contributed by atoms with Gasteiger partial charge in [-0.05, 0) is 56.3 Å². The number of hydrogen-bond donors (Lipinski definition) is 1. The number of piperidine rings is 1. The summed E-state index contributed by atoms with van der Waals surface area (Å²) in [5.74, 6) is 0.546. The third-order valence-corrected chi connectivity index (χ3v) is 6.86. The van der Waals surface area contributed by atoms with Crippen LogP contribution in [0.25, 0.3) is 11.4 Å². The zero-order valence-corrected chi connectivity index (χ0v) is 21.4. The van der Waals surface area contributed by atoms with Crippen molar-refractivity contribution in [2.75, 3.05) is 18.4 Å². The summed E-state index contributed by atoms with van der Waals surface area (Å²) in [5, 5.41) is 8.07. The SMILES string of the molecule is O=C(c1ccccc1)c1cc(Cl)ccc1NC(=O)C1CCN(Cc2nc(-c3cccc(Cl)c3)no2)CC1. The van der Waals surface area contributed by atoms with Gasteiger partial charge in [0.15, 0.2) is 5.78 Å². The zero-order chi connectivity index (χ0) is 25.8. The molecule has 1 aromatic heterocycles. The van der Waals surface area contributed by atoms with Gasteiger partial charge >= 0.3 is 0 Å². The van der Waals surface area contributed by atoms with Crippen LogP contribution in [0.3, 0.4) is 0 Å². The Labute approximate surface area is 224 Å². The van der Waals surface area contributed by atoms with Crippen molar-refractivity contribution in [3.63, 3.8) is 0 Å². The second kappa shape index (κ2) is 11.3. The first kappa shape index (κ1) is 25.1. The number of carbonyl (C=O) groups is 2. The molecule has 7 nitrogen and oxygen atoms in total. The summed E-state index contributed by atoms with van der Waals surface area (Å²) in [5.41, 5.74) is 2.17. The van der Waals surface area contributed by atoms with E-state index in [4.69, 9.17) is 27.7 Å². The molecule has 0 aliphatic carbocycles. The van der Waals surface area contributed by atoms with E-state index in [1.807, 2.05) is 18.2 Å². The van der Waals surface area contributed by atoms with Crippen LogP contribution in [0.2, 0.25) is 10.0 Å². The fraction of sp³-hybridized carbons (Fsp3) is 0.214. The van der Waals surface area contributed by atoms with Crippen molar-refractivity contribution in [2.24, 2.45) is 5.92 Å². The second-order valence-electron chi connectivity index (χ2n) is 8.95. The summed E-state index contributed by atoms with van der Waals surface area (Å²) in [7, 11) is 0. The maximum atomic E-state index is 13.1. The molecule has 1 aliphatic heterocycles. The second-order valence-corrected chi connectivity index (χ2v) is 9.82. The molecule has 188 valence electrons. The Morgan fingerprint density at radius 3 is 2.46 bits per heavy atom. The number of hydrogen-bond acceptors (Lipinski definition) is 6. The maximum absolute atomic E-state index is 13.1. The number of carbonyl (C=O) groups excluding carboxylic acids is 2. The van der Waals surface area contributed by atoms with Gasteiger partial charge in [-0.25, -0.2) is 0 Å². The minimum Gasteiger partial charge on any atom is -0.338 e. The molecule has 0 unspecified atom stereocenters. The molecule has 2 heterocycles. The van der Waals surface area contributed by atoms with Crippen LogP contribution in [-0.4, -0.2) is 39.8 Å². The molecule has 37 heavy (non-hydrogen) atoms. The molecule has 1 saturated heterocycles. The lowest BCUT2D eigenvalue weighted by Crippen LogP contribution is -2.38. The van der Waals surface area contributed by atoms with Crippen molar-refractivity contribution in [2.45, 2.75) is 19.4 Å². The molecule has 4 aromatic rings. The summed E-state index contributed by atoms with van der Waals surface area (Å²) in [4.78, 5) is 32.8. The van der Waals surface area contributed by atoms with Gasteiger partial charge in [0.2, 0.25) is 17.6 Å². The number of nitrogens with zero attached hydrogens (tertiary/aromatic N) is 3. The van der Waals surface area contributed by atoms with E-state index in [1.165, 1.54) is 0 Å². The number of anilines is 1.